The lowest BCUT2D eigenvalue weighted by Gasteiger charge is -2.13. The van der Waals surface area contributed by atoms with Gasteiger partial charge in [-0.25, -0.2) is 13.1 Å². The first kappa shape index (κ1) is 20.8. The molecule has 0 aliphatic heterocycles. The predicted octanol–water partition coefficient (Wildman–Crippen LogP) is 2.50. The Hall–Kier alpha value is -1.91. The van der Waals surface area contributed by atoms with Crippen molar-refractivity contribution in [3.8, 4) is 0 Å². The molecule has 1 amide bonds. The maximum Gasteiger partial charge on any atom is 0.240 e. The fraction of sp³-hybridized carbons (Fsp3) is 0.500. The summed E-state index contributed by atoms with van der Waals surface area (Å²) in [5.41, 5.74) is 0.539. The van der Waals surface area contributed by atoms with Gasteiger partial charge in [0, 0.05) is 24.7 Å². The van der Waals surface area contributed by atoms with Gasteiger partial charge in [0.2, 0.25) is 15.9 Å². The second kappa shape index (κ2) is 8.22. The Kier molecular flexibility index (Phi) is 6.11. The highest BCUT2D eigenvalue weighted by Gasteiger charge is 2.30. The molecule has 0 radical (unpaired) electrons. The molecule has 8 nitrogen and oxygen atoms in total. The average Bonchev–Trinajstić information content (AvgIpc) is 3.39. The summed E-state index contributed by atoms with van der Waals surface area (Å²) in [5.74, 6) is 1.29. The number of amides is 1. The number of nitrogens with zero attached hydrogens (tertiary/aromatic N) is 3. The molecule has 1 aliphatic rings. The zero-order chi connectivity index (χ0) is 20.5. The van der Waals surface area contributed by atoms with Gasteiger partial charge >= 0.3 is 0 Å². The number of carbonyl (C=O) groups is 1. The van der Waals surface area contributed by atoms with Crippen LogP contribution in [0, 0.1) is 0 Å². The molecule has 1 aliphatic carbocycles. The number of benzene rings is 1. The van der Waals surface area contributed by atoms with Crippen molar-refractivity contribution in [1.82, 2.24) is 19.5 Å². The molecule has 0 spiro atoms. The van der Waals surface area contributed by atoms with Gasteiger partial charge in [0.05, 0.1) is 10.1 Å². The molecule has 2 N–H and O–H groups in total. The number of sulfonamides is 1. The summed E-state index contributed by atoms with van der Waals surface area (Å²) in [7, 11) is -1.63. The summed E-state index contributed by atoms with van der Waals surface area (Å²) in [6, 6.07) is 5.92. The number of carbonyl (C=O) groups excluding carboxylic acids is 1. The van der Waals surface area contributed by atoms with Gasteiger partial charge in [-0.15, -0.1) is 10.2 Å². The van der Waals surface area contributed by atoms with Crippen LogP contribution in [0.3, 0.4) is 0 Å². The summed E-state index contributed by atoms with van der Waals surface area (Å²) in [6.07, 6.45) is 2.29. The third kappa shape index (κ3) is 4.92. The second-order valence-corrected chi connectivity index (χ2v) is 10.2. The zero-order valence-corrected chi connectivity index (χ0v) is 18.0. The first-order valence-electron chi connectivity index (χ1n) is 9.16. The molecule has 0 saturated heterocycles. The van der Waals surface area contributed by atoms with Gasteiger partial charge in [0.1, 0.15) is 5.82 Å². The van der Waals surface area contributed by atoms with Gasteiger partial charge in [0.15, 0.2) is 5.16 Å². The lowest BCUT2D eigenvalue weighted by atomic mass is 10.3. The van der Waals surface area contributed by atoms with E-state index in [9.17, 15) is 13.2 Å². The normalized spacial score (nSPS) is 15.6. The maximum atomic E-state index is 12.5. The number of hydrogen-bond donors (Lipinski definition) is 2. The smallest absolute Gasteiger partial charge is 0.240 e. The molecule has 0 unspecified atom stereocenters. The van der Waals surface area contributed by atoms with Crippen LogP contribution in [0.2, 0.25) is 0 Å². The summed E-state index contributed by atoms with van der Waals surface area (Å²) >= 11 is 1.35. The van der Waals surface area contributed by atoms with E-state index in [-0.39, 0.29) is 22.1 Å². The Morgan fingerprint density at radius 3 is 2.39 bits per heavy atom. The van der Waals surface area contributed by atoms with Crippen molar-refractivity contribution in [3.63, 3.8) is 0 Å². The minimum absolute atomic E-state index is 0.160. The van der Waals surface area contributed by atoms with E-state index in [2.05, 4.69) is 20.2 Å². The molecule has 1 aromatic carbocycles. The molecular formula is C18H25N5O3S2. The van der Waals surface area contributed by atoms with Gasteiger partial charge in [-0.05, 0) is 57.9 Å². The number of aromatic nitrogens is 3. The summed E-state index contributed by atoms with van der Waals surface area (Å²) in [4.78, 5) is 12.6. The van der Waals surface area contributed by atoms with Crippen molar-refractivity contribution in [2.45, 2.75) is 60.9 Å². The number of thioether (sulfide) groups is 1. The summed E-state index contributed by atoms with van der Waals surface area (Å²) in [5, 5.41) is 11.6. The van der Waals surface area contributed by atoms with E-state index in [0.29, 0.717) is 16.8 Å². The highest BCUT2D eigenvalue weighted by molar-refractivity contribution is 8.00. The lowest BCUT2D eigenvalue weighted by Crippen LogP contribution is -2.30. The summed E-state index contributed by atoms with van der Waals surface area (Å²) < 4.78 is 28.8. The monoisotopic (exact) mass is 423 g/mol. The Morgan fingerprint density at radius 1 is 1.18 bits per heavy atom. The van der Waals surface area contributed by atoms with E-state index in [4.69, 9.17) is 0 Å². The first-order valence-corrected chi connectivity index (χ1v) is 11.5. The highest BCUT2D eigenvalue weighted by atomic mass is 32.2. The largest absolute Gasteiger partial charge is 0.325 e. The van der Waals surface area contributed by atoms with Crippen molar-refractivity contribution in [1.29, 1.82) is 0 Å². The molecule has 1 fully saturated rings. The van der Waals surface area contributed by atoms with Crippen LogP contribution in [-0.4, -0.2) is 40.4 Å². The number of anilines is 1. The van der Waals surface area contributed by atoms with Crippen molar-refractivity contribution in [2.24, 2.45) is 7.05 Å². The second-order valence-electron chi connectivity index (χ2n) is 7.22. The van der Waals surface area contributed by atoms with Gasteiger partial charge in [0.25, 0.3) is 0 Å². The quantitative estimate of drug-likeness (QED) is 0.632. The third-order valence-corrected chi connectivity index (χ3v) is 7.09. The molecule has 1 saturated carbocycles. The van der Waals surface area contributed by atoms with Crippen LogP contribution < -0.4 is 10.0 Å². The Balaban J connectivity index is 1.61. The maximum absolute atomic E-state index is 12.5. The topological polar surface area (TPSA) is 106 Å². The molecule has 0 bridgehead atoms. The van der Waals surface area contributed by atoms with E-state index >= 15 is 0 Å². The molecule has 1 aromatic heterocycles. The number of nitrogens with one attached hydrogen (secondary N) is 2. The Morgan fingerprint density at radius 2 is 1.82 bits per heavy atom. The van der Waals surface area contributed by atoms with Crippen LogP contribution in [-0.2, 0) is 21.9 Å². The SMILES string of the molecule is CC(C)NS(=O)(=O)c1ccc(NC(=O)[C@@H](C)Sc2nnc(C3CC3)n2C)cc1. The molecule has 3 rings (SSSR count). The minimum Gasteiger partial charge on any atom is -0.325 e. The molecule has 1 heterocycles. The van der Waals surface area contributed by atoms with Crippen LogP contribution in [0.1, 0.15) is 45.4 Å². The molecule has 2 aromatic rings. The van der Waals surface area contributed by atoms with Crippen LogP contribution >= 0.6 is 11.8 Å². The molecule has 28 heavy (non-hydrogen) atoms. The van der Waals surface area contributed by atoms with Gasteiger partial charge in [-0.1, -0.05) is 11.8 Å². The van der Waals surface area contributed by atoms with E-state index < -0.39 is 10.0 Å². The minimum atomic E-state index is -3.55. The molecular weight excluding hydrogens is 398 g/mol. The molecule has 1 atom stereocenters. The van der Waals surface area contributed by atoms with E-state index in [1.165, 1.54) is 23.9 Å². The first-order chi connectivity index (χ1) is 13.2. The van der Waals surface area contributed by atoms with Crippen LogP contribution in [0.15, 0.2) is 34.3 Å². The number of rotatable bonds is 8. The van der Waals surface area contributed by atoms with Crippen LogP contribution in [0.5, 0.6) is 0 Å². The third-order valence-electron chi connectivity index (χ3n) is 4.29. The van der Waals surface area contributed by atoms with Crippen molar-refractivity contribution >= 4 is 33.4 Å². The fourth-order valence-electron chi connectivity index (χ4n) is 2.68. The summed E-state index contributed by atoms with van der Waals surface area (Å²) in [6.45, 7) is 5.32. The molecule has 152 valence electrons. The van der Waals surface area contributed by atoms with Crippen LogP contribution in [0.4, 0.5) is 5.69 Å². The van der Waals surface area contributed by atoms with Crippen molar-refractivity contribution < 1.29 is 13.2 Å². The van der Waals surface area contributed by atoms with Crippen molar-refractivity contribution in [3.05, 3.63) is 30.1 Å². The van der Waals surface area contributed by atoms with Crippen molar-refractivity contribution in [2.75, 3.05) is 5.32 Å². The van der Waals surface area contributed by atoms with Gasteiger partial charge in [-0.3, -0.25) is 4.79 Å². The van der Waals surface area contributed by atoms with Gasteiger partial charge in [-0.2, -0.15) is 0 Å². The van der Waals surface area contributed by atoms with E-state index in [0.717, 1.165) is 18.7 Å². The Labute approximate surface area is 169 Å². The fourth-order valence-corrected chi connectivity index (χ4v) is 4.75. The predicted molar refractivity (Wildman–Crippen MR) is 109 cm³/mol. The zero-order valence-electron chi connectivity index (χ0n) is 16.3. The standard InChI is InChI=1S/C18H25N5O3S2/c1-11(2)22-28(25,26)15-9-7-14(8-10-15)19-17(24)12(3)27-18-21-20-16(23(18)4)13-5-6-13/h7-13,22H,5-6H2,1-4H3,(H,19,24)/t12-/m1/s1. The highest BCUT2D eigenvalue weighted by Crippen LogP contribution is 2.39. The van der Waals surface area contributed by atoms with Gasteiger partial charge < -0.3 is 9.88 Å². The van der Waals surface area contributed by atoms with E-state index in [1.54, 1.807) is 32.9 Å². The van der Waals surface area contributed by atoms with Crippen LogP contribution in [0.25, 0.3) is 0 Å². The average molecular weight is 424 g/mol. The number of hydrogen-bond acceptors (Lipinski definition) is 6. The molecule has 10 heteroatoms. The lowest BCUT2D eigenvalue weighted by molar-refractivity contribution is -0.115. The van der Waals surface area contributed by atoms with E-state index in [1.807, 2.05) is 11.6 Å². The Bertz CT molecular complexity index is 950.